The van der Waals surface area contributed by atoms with Crippen molar-refractivity contribution in [3.05, 3.63) is 24.8 Å². The fourth-order valence-electron chi connectivity index (χ4n) is 1.49. The number of phenols is 1. The number of aromatic hydroxyl groups is 1. The van der Waals surface area contributed by atoms with Gasteiger partial charge in [-0.2, -0.15) is 0 Å². The van der Waals surface area contributed by atoms with Gasteiger partial charge in [0.1, 0.15) is 5.75 Å². The van der Waals surface area contributed by atoms with Gasteiger partial charge in [-0.05, 0) is 57.3 Å². The predicted molar refractivity (Wildman–Crippen MR) is 72.8 cm³/mol. The van der Waals surface area contributed by atoms with Crippen molar-refractivity contribution in [1.29, 1.82) is 0 Å². The zero-order valence-corrected chi connectivity index (χ0v) is 11.9. The summed E-state index contributed by atoms with van der Waals surface area (Å²) in [6.45, 7) is 0.516. The van der Waals surface area contributed by atoms with E-state index in [0.717, 1.165) is 12.7 Å². The molecule has 0 unspecified atom stereocenters. The van der Waals surface area contributed by atoms with Crippen molar-refractivity contribution in [3.8, 4) is 5.75 Å². The molecule has 2 rings (SSSR count). The van der Waals surface area contributed by atoms with Gasteiger partial charge in [0.25, 0.3) is 0 Å². The number of halogens is 2. The van der Waals surface area contributed by atoms with Gasteiger partial charge in [0.15, 0.2) is 0 Å². The Hall–Kier alpha value is -0.250. The molecule has 1 fully saturated rings. The fourth-order valence-corrected chi connectivity index (χ4v) is 3.38. The Morgan fingerprint density at radius 3 is 2.73 bits per heavy atom. The molecule has 80 valence electrons. The van der Waals surface area contributed by atoms with Crippen LogP contribution in [0.15, 0.2) is 12.1 Å². The first-order valence-corrected chi connectivity index (χ1v) is 6.46. The second-order valence-electron chi connectivity index (χ2n) is 3.23. The van der Waals surface area contributed by atoms with Crippen molar-refractivity contribution < 1.29 is 9.90 Å². The Morgan fingerprint density at radius 2 is 2.13 bits per heavy atom. The van der Waals surface area contributed by atoms with E-state index < -0.39 is 0 Å². The van der Waals surface area contributed by atoms with E-state index in [9.17, 15) is 9.90 Å². The first kappa shape index (κ1) is 11.2. The fraction of sp³-hybridized carbons (Fsp3) is 0.222. The third-order valence-electron chi connectivity index (χ3n) is 2.21. The van der Waals surface area contributed by atoms with Gasteiger partial charge in [-0.3, -0.25) is 0 Å². The largest absolute Gasteiger partial charge is 0.506 e. The first-order chi connectivity index (χ1) is 7.08. The minimum Gasteiger partial charge on any atom is -0.506 e. The maximum atomic E-state index is 11.0. The topological polar surface area (TPSA) is 61.4 Å². The molecular formula is C9H8I2N2O2. The number of rotatable bonds is 1. The molecule has 2 amide bonds. The van der Waals surface area contributed by atoms with E-state index in [1.165, 1.54) is 0 Å². The summed E-state index contributed by atoms with van der Waals surface area (Å²) in [5.41, 5.74) is 0.768. The molecule has 0 saturated carbocycles. The third-order valence-corrected chi connectivity index (χ3v) is 3.65. The summed E-state index contributed by atoms with van der Waals surface area (Å²) in [6, 6.07) is 3.45. The van der Waals surface area contributed by atoms with Crippen LogP contribution in [0.5, 0.6) is 5.75 Å². The maximum Gasteiger partial charge on any atom is 0.315 e. The molecule has 0 bridgehead atoms. The molecule has 0 aliphatic carbocycles. The first-order valence-electron chi connectivity index (χ1n) is 4.30. The van der Waals surface area contributed by atoms with Crippen LogP contribution in [0.3, 0.4) is 0 Å². The molecule has 3 N–H and O–H groups in total. The molecule has 0 aromatic heterocycles. The zero-order chi connectivity index (χ0) is 11.0. The molecule has 15 heavy (non-hydrogen) atoms. The molecule has 1 aliphatic rings. The summed E-state index contributed by atoms with van der Waals surface area (Å²) in [5, 5.41) is 15.3. The zero-order valence-electron chi connectivity index (χ0n) is 7.55. The number of urea groups is 1. The van der Waals surface area contributed by atoms with E-state index in [-0.39, 0.29) is 17.8 Å². The molecule has 6 heteroatoms. The van der Waals surface area contributed by atoms with E-state index in [1.54, 1.807) is 0 Å². The lowest BCUT2D eigenvalue weighted by molar-refractivity contribution is 0.247. The molecule has 1 aliphatic heterocycles. The van der Waals surface area contributed by atoms with Crippen molar-refractivity contribution in [2.75, 3.05) is 6.54 Å². The number of benzene rings is 1. The lowest BCUT2D eigenvalue weighted by Crippen LogP contribution is -2.21. The van der Waals surface area contributed by atoms with Crippen LogP contribution in [0, 0.1) is 7.14 Å². The molecular weight excluding hydrogens is 422 g/mol. The number of amides is 2. The van der Waals surface area contributed by atoms with Crippen LogP contribution in [0.2, 0.25) is 0 Å². The van der Waals surface area contributed by atoms with Gasteiger partial charge in [0.05, 0.1) is 9.61 Å². The molecule has 1 aromatic carbocycles. The van der Waals surface area contributed by atoms with E-state index in [2.05, 4.69) is 55.8 Å². The second kappa shape index (κ2) is 4.32. The average molecular weight is 430 g/mol. The Morgan fingerprint density at radius 1 is 1.40 bits per heavy atom. The van der Waals surface area contributed by atoms with Crippen molar-refractivity contribution in [2.24, 2.45) is 0 Å². The number of hydrogen-bond donors (Lipinski definition) is 3. The Bertz CT molecular complexity index is 423. The molecule has 1 atom stereocenters. The molecule has 1 heterocycles. The lowest BCUT2D eigenvalue weighted by atomic mass is 10.1. The maximum absolute atomic E-state index is 11.0. The van der Waals surface area contributed by atoms with E-state index in [4.69, 9.17) is 0 Å². The monoisotopic (exact) mass is 430 g/mol. The number of carbonyl (C=O) groups is 1. The van der Waals surface area contributed by atoms with Crippen LogP contribution in [0.4, 0.5) is 4.79 Å². The molecule has 1 aromatic rings. The van der Waals surface area contributed by atoms with Gasteiger partial charge < -0.3 is 15.7 Å². The van der Waals surface area contributed by atoms with Crippen LogP contribution in [0.1, 0.15) is 11.6 Å². The van der Waals surface area contributed by atoms with Gasteiger partial charge in [0.2, 0.25) is 0 Å². The predicted octanol–water partition coefficient (Wildman–Crippen LogP) is 1.96. The summed E-state index contributed by atoms with van der Waals surface area (Å²) >= 11 is 4.27. The lowest BCUT2D eigenvalue weighted by Gasteiger charge is -2.12. The highest BCUT2D eigenvalue weighted by atomic mass is 127. The SMILES string of the molecule is O=C1NC[C@@H](c2cc(I)cc(I)c2O)N1. The van der Waals surface area contributed by atoms with Crippen LogP contribution in [-0.4, -0.2) is 17.7 Å². The van der Waals surface area contributed by atoms with E-state index >= 15 is 0 Å². The summed E-state index contributed by atoms with van der Waals surface area (Å²) in [6.07, 6.45) is 0. The third kappa shape index (κ3) is 2.30. The summed E-state index contributed by atoms with van der Waals surface area (Å²) in [7, 11) is 0. The highest BCUT2D eigenvalue weighted by Gasteiger charge is 2.25. The Labute approximate surface area is 114 Å². The number of nitrogens with one attached hydrogen (secondary N) is 2. The Kier molecular flexibility index (Phi) is 3.24. The second-order valence-corrected chi connectivity index (χ2v) is 5.64. The minimum atomic E-state index is -0.187. The van der Waals surface area contributed by atoms with Crippen molar-refractivity contribution in [3.63, 3.8) is 0 Å². The summed E-state index contributed by atoms with van der Waals surface area (Å²) in [5.74, 6) is 0.255. The summed E-state index contributed by atoms with van der Waals surface area (Å²) < 4.78 is 1.85. The highest BCUT2D eigenvalue weighted by Crippen LogP contribution is 2.31. The molecule has 0 radical (unpaired) electrons. The smallest absolute Gasteiger partial charge is 0.315 e. The van der Waals surface area contributed by atoms with Gasteiger partial charge in [0, 0.05) is 15.7 Å². The van der Waals surface area contributed by atoms with Crippen LogP contribution in [-0.2, 0) is 0 Å². The molecule has 4 nitrogen and oxygen atoms in total. The normalized spacial score (nSPS) is 19.9. The molecule has 1 saturated heterocycles. The van der Waals surface area contributed by atoms with Gasteiger partial charge in [-0.15, -0.1) is 0 Å². The number of hydrogen-bond acceptors (Lipinski definition) is 2. The average Bonchev–Trinajstić information content (AvgIpc) is 2.58. The summed E-state index contributed by atoms with van der Waals surface area (Å²) in [4.78, 5) is 11.0. The van der Waals surface area contributed by atoms with Crippen LogP contribution < -0.4 is 10.6 Å². The van der Waals surface area contributed by atoms with Gasteiger partial charge >= 0.3 is 6.03 Å². The van der Waals surface area contributed by atoms with Crippen LogP contribution >= 0.6 is 45.2 Å². The van der Waals surface area contributed by atoms with Crippen molar-refractivity contribution in [1.82, 2.24) is 10.6 Å². The molecule has 0 spiro atoms. The number of carbonyl (C=O) groups excluding carboxylic acids is 1. The minimum absolute atomic E-state index is 0.138. The van der Waals surface area contributed by atoms with Crippen molar-refractivity contribution in [2.45, 2.75) is 6.04 Å². The standard InChI is InChI=1S/C9H8I2N2O2/c10-4-1-5(8(14)6(11)2-4)7-3-12-9(15)13-7/h1-2,7,14H,3H2,(H2,12,13,15)/t7-/m0/s1. The van der Waals surface area contributed by atoms with Gasteiger partial charge in [-0.1, -0.05) is 0 Å². The number of phenolic OH excluding ortho intramolecular Hbond substituents is 1. The van der Waals surface area contributed by atoms with E-state index in [1.807, 2.05) is 12.1 Å². The van der Waals surface area contributed by atoms with Crippen molar-refractivity contribution >= 4 is 51.2 Å². The van der Waals surface area contributed by atoms with E-state index in [0.29, 0.717) is 6.54 Å². The quantitative estimate of drug-likeness (QED) is 0.597. The Balaban J connectivity index is 2.39. The highest BCUT2D eigenvalue weighted by molar-refractivity contribution is 14.1. The van der Waals surface area contributed by atoms with Crippen LogP contribution in [0.25, 0.3) is 0 Å². The van der Waals surface area contributed by atoms with Gasteiger partial charge in [-0.25, -0.2) is 4.79 Å².